The van der Waals surface area contributed by atoms with Gasteiger partial charge in [0.05, 0.1) is 31.0 Å². The Bertz CT molecular complexity index is 499. The van der Waals surface area contributed by atoms with E-state index in [1.807, 2.05) is 6.08 Å². The summed E-state index contributed by atoms with van der Waals surface area (Å²) < 4.78 is 0.269. The number of carbonyl (C=O) groups excluding carboxylic acids is 2. The van der Waals surface area contributed by atoms with Crippen LogP contribution in [-0.4, -0.2) is 41.2 Å². The number of hydrogen-bond donors (Lipinski definition) is 1. The number of likely N-dealkylation sites (tertiary alicyclic amines) is 1. The maximum atomic E-state index is 12.0. The molecule has 19 heavy (non-hydrogen) atoms. The first-order valence-electron chi connectivity index (χ1n) is 5.96. The molecular weight excluding hydrogens is 284 g/mol. The molecule has 0 spiro atoms. The van der Waals surface area contributed by atoms with Gasteiger partial charge in [-0.2, -0.15) is 0 Å². The molecule has 0 saturated carbocycles. The van der Waals surface area contributed by atoms with Crippen LogP contribution in [0.4, 0.5) is 0 Å². The lowest BCUT2D eigenvalue weighted by Crippen LogP contribution is -3.04. The Morgan fingerprint density at radius 2 is 2.32 bits per heavy atom. The average Bonchev–Trinajstić information content (AvgIpc) is 2.85. The second kappa shape index (κ2) is 5.85. The van der Waals surface area contributed by atoms with Gasteiger partial charge in [0.1, 0.15) is 10.0 Å². The fourth-order valence-corrected chi connectivity index (χ4v) is 3.30. The zero-order chi connectivity index (χ0) is 14.0. The summed E-state index contributed by atoms with van der Waals surface area (Å²) in [5, 5.41) is 10.6. The molecule has 2 saturated heterocycles. The minimum Gasteiger partial charge on any atom is -0.548 e. The van der Waals surface area contributed by atoms with E-state index >= 15 is 0 Å². The highest BCUT2D eigenvalue weighted by molar-refractivity contribution is 8.26. The molecule has 5 nitrogen and oxygen atoms in total. The monoisotopic (exact) mass is 298 g/mol. The molecule has 2 fully saturated rings. The largest absolute Gasteiger partial charge is 0.548 e. The van der Waals surface area contributed by atoms with Gasteiger partial charge in [-0.15, -0.1) is 0 Å². The third kappa shape index (κ3) is 3.23. The van der Waals surface area contributed by atoms with E-state index in [1.54, 1.807) is 6.08 Å². The Hall–Kier alpha value is -1.18. The van der Waals surface area contributed by atoms with Gasteiger partial charge in [-0.25, -0.2) is 0 Å². The molecule has 0 aromatic carbocycles. The Morgan fingerprint density at radius 3 is 2.89 bits per heavy atom. The van der Waals surface area contributed by atoms with E-state index in [4.69, 9.17) is 12.2 Å². The lowest BCUT2D eigenvalue weighted by Gasteiger charge is -2.14. The third-order valence-electron chi connectivity index (χ3n) is 3.14. The minimum atomic E-state index is -1.31. The molecular formula is C12H14N2O3S2. The fraction of sp³-hybridized carbons (Fsp3) is 0.417. The minimum absolute atomic E-state index is 0.269. The maximum Gasteiger partial charge on any atom is 0.266 e. The van der Waals surface area contributed by atoms with Crippen molar-refractivity contribution in [1.29, 1.82) is 0 Å². The number of allylic oxidation sites excluding steroid dienone is 3. The van der Waals surface area contributed by atoms with Gasteiger partial charge in [0, 0.05) is 12.8 Å². The lowest BCUT2D eigenvalue weighted by atomic mass is 10.3. The molecule has 102 valence electrons. The first-order chi connectivity index (χ1) is 8.99. The van der Waals surface area contributed by atoms with Crippen molar-refractivity contribution in [3.8, 4) is 0 Å². The number of carbonyl (C=O) groups is 2. The van der Waals surface area contributed by atoms with Crippen molar-refractivity contribution in [1.82, 2.24) is 4.90 Å². The number of rotatable bonds is 3. The number of thiocarbonyl (C=S) groups is 1. The highest BCUT2D eigenvalue weighted by atomic mass is 32.2. The zero-order valence-electron chi connectivity index (χ0n) is 10.5. The molecule has 1 unspecified atom stereocenters. The van der Waals surface area contributed by atoms with Gasteiger partial charge < -0.3 is 14.8 Å². The smallest absolute Gasteiger partial charge is 0.266 e. The van der Waals surface area contributed by atoms with Gasteiger partial charge in [0.15, 0.2) is 0 Å². The van der Waals surface area contributed by atoms with E-state index in [-0.39, 0.29) is 10.2 Å². The number of nitrogens with one attached hydrogen (secondary N) is 1. The molecule has 1 N–H and O–H groups in total. The summed E-state index contributed by atoms with van der Waals surface area (Å²) in [6.45, 7) is 0.620. The summed E-state index contributed by atoms with van der Waals surface area (Å²) in [4.78, 5) is 25.4. The highest BCUT2D eigenvalue weighted by Gasteiger charge is 2.31. The van der Waals surface area contributed by atoms with Crippen molar-refractivity contribution in [3.05, 3.63) is 22.8 Å². The van der Waals surface area contributed by atoms with Crippen LogP contribution in [0.2, 0.25) is 0 Å². The molecule has 1 amide bonds. The van der Waals surface area contributed by atoms with E-state index in [2.05, 4.69) is 7.05 Å². The van der Waals surface area contributed by atoms with E-state index < -0.39 is 12.5 Å². The Kier molecular flexibility index (Phi) is 4.38. The normalized spacial score (nSPS) is 27.8. The van der Waals surface area contributed by atoms with Crippen LogP contribution in [0.5, 0.6) is 0 Å². The van der Waals surface area contributed by atoms with Crippen molar-refractivity contribution in [2.45, 2.75) is 12.8 Å². The van der Waals surface area contributed by atoms with Crippen LogP contribution in [-0.2, 0) is 9.59 Å². The number of aliphatic carboxylic acids is 1. The van der Waals surface area contributed by atoms with Crippen molar-refractivity contribution in [2.75, 3.05) is 20.1 Å². The van der Waals surface area contributed by atoms with Gasteiger partial charge in [0.25, 0.3) is 5.91 Å². The van der Waals surface area contributed by atoms with Crippen LogP contribution in [0, 0.1) is 0 Å². The highest BCUT2D eigenvalue weighted by Crippen LogP contribution is 2.30. The molecule has 0 aromatic heterocycles. The Morgan fingerprint density at radius 1 is 1.58 bits per heavy atom. The van der Waals surface area contributed by atoms with Gasteiger partial charge in [-0.1, -0.05) is 24.0 Å². The zero-order valence-corrected chi connectivity index (χ0v) is 12.1. The van der Waals surface area contributed by atoms with E-state index in [0.717, 1.165) is 36.0 Å². The topological polar surface area (TPSA) is 64.9 Å². The molecule has 0 aliphatic carbocycles. The molecule has 0 bridgehead atoms. The van der Waals surface area contributed by atoms with Gasteiger partial charge in [-0.3, -0.25) is 9.69 Å². The van der Waals surface area contributed by atoms with E-state index in [0.29, 0.717) is 4.91 Å². The van der Waals surface area contributed by atoms with E-state index in [1.165, 1.54) is 10.6 Å². The van der Waals surface area contributed by atoms with E-state index in [9.17, 15) is 14.7 Å². The molecule has 2 aliphatic rings. The van der Waals surface area contributed by atoms with Crippen molar-refractivity contribution < 1.29 is 19.6 Å². The Labute approximate surface area is 120 Å². The van der Waals surface area contributed by atoms with Crippen LogP contribution in [0.1, 0.15) is 12.8 Å². The third-order valence-corrected chi connectivity index (χ3v) is 4.54. The number of hydrogen-bond acceptors (Lipinski definition) is 5. The number of nitrogens with zero attached hydrogens (tertiary/aromatic N) is 1. The maximum absolute atomic E-state index is 12.0. The summed E-state index contributed by atoms with van der Waals surface area (Å²) in [5.74, 6) is -1.66. The standard InChI is InChI=1S/C12H14N2O3S2/c1-13-6-2-3-8(13)4-5-9-11(17)14(7-10(15)16)12(18)19-9/h4-5H,2-3,6-7H2,1H3,(H,15,16)/b8-4-,9-5-. The van der Waals surface area contributed by atoms with Gasteiger partial charge in [0.2, 0.25) is 0 Å². The number of amides is 1. The molecule has 2 aliphatic heterocycles. The second-order valence-electron chi connectivity index (χ2n) is 4.49. The summed E-state index contributed by atoms with van der Waals surface area (Å²) in [6, 6.07) is 0. The van der Waals surface area contributed by atoms with Crippen molar-refractivity contribution in [2.24, 2.45) is 0 Å². The number of carboxylic acids is 1. The second-order valence-corrected chi connectivity index (χ2v) is 6.16. The molecule has 2 heterocycles. The number of carboxylic acid groups (broad SMARTS) is 1. The van der Waals surface area contributed by atoms with Crippen LogP contribution in [0.15, 0.2) is 22.8 Å². The summed E-state index contributed by atoms with van der Waals surface area (Å²) in [5.41, 5.74) is 1.25. The summed E-state index contributed by atoms with van der Waals surface area (Å²) in [7, 11) is 2.09. The molecule has 2 rings (SSSR count). The average molecular weight is 298 g/mol. The first kappa shape index (κ1) is 14.2. The molecule has 0 aromatic rings. The van der Waals surface area contributed by atoms with Crippen LogP contribution in [0.3, 0.4) is 0 Å². The quantitative estimate of drug-likeness (QED) is 0.517. The number of quaternary nitrogens is 1. The molecule has 1 atom stereocenters. The number of thioether (sulfide) groups is 1. The van der Waals surface area contributed by atoms with Gasteiger partial charge >= 0.3 is 0 Å². The summed E-state index contributed by atoms with van der Waals surface area (Å²) in [6.07, 6.45) is 5.85. The lowest BCUT2D eigenvalue weighted by molar-refractivity contribution is -0.828. The van der Waals surface area contributed by atoms with Crippen molar-refractivity contribution >= 4 is 40.2 Å². The van der Waals surface area contributed by atoms with Crippen LogP contribution in [0.25, 0.3) is 0 Å². The Balaban J connectivity index is 2.12. The fourth-order valence-electron chi connectivity index (χ4n) is 2.10. The summed E-state index contributed by atoms with van der Waals surface area (Å²) >= 11 is 6.13. The van der Waals surface area contributed by atoms with Crippen molar-refractivity contribution in [3.63, 3.8) is 0 Å². The molecule has 7 heteroatoms. The van der Waals surface area contributed by atoms with Crippen LogP contribution >= 0.6 is 24.0 Å². The SMILES string of the molecule is C[NH+]1CCC/C1=C/C=C1\SC(=S)N(CC(=O)[O-])C1=O. The van der Waals surface area contributed by atoms with Gasteiger partial charge in [-0.05, 0) is 12.2 Å². The predicted molar refractivity (Wildman–Crippen MR) is 74.1 cm³/mol. The van der Waals surface area contributed by atoms with Crippen LogP contribution < -0.4 is 10.0 Å². The molecule has 0 radical (unpaired) electrons. The first-order valence-corrected chi connectivity index (χ1v) is 7.18. The predicted octanol–water partition coefficient (Wildman–Crippen LogP) is -1.33.